The van der Waals surface area contributed by atoms with E-state index in [1.165, 1.54) is 43.4 Å². The minimum Gasteiger partial charge on any atom is -0.367 e. The van der Waals surface area contributed by atoms with Gasteiger partial charge in [-0.15, -0.1) is 0 Å². The third-order valence-electron chi connectivity index (χ3n) is 4.41. The maximum Gasteiger partial charge on any atom is 0.0556 e. The summed E-state index contributed by atoms with van der Waals surface area (Å²) in [7, 11) is 0. The SMILES string of the molecule is Cc1cncc(N2CCNC3(CCCCC3)C2)c1. The molecule has 0 unspecified atom stereocenters. The van der Waals surface area contributed by atoms with Crippen LogP contribution in [0.15, 0.2) is 18.5 Å². The molecule has 1 aromatic heterocycles. The molecule has 1 saturated carbocycles. The summed E-state index contributed by atoms with van der Waals surface area (Å²) < 4.78 is 0. The first-order valence-corrected chi connectivity index (χ1v) is 7.19. The Morgan fingerprint density at radius 2 is 2.06 bits per heavy atom. The summed E-state index contributed by atoms with van der Waals surface area (Å²) in [6.07, 6.45) is 10.8. The molecule has 1 N–H and O–H groups in total. The molecule has 1 aliphatic heterocycles. The minimum atomic E-state index is 0.375. The Hall–Kier alpha value is -1.09. The van der Waals surface area contributed by atoms with Crippen LogP contribution in [-0.2, 0) is 0 Å². The second kappa shape index (κ2) is 4.88. The van der Waals surface area contributed by atoms with Gasteiger partial charge in [-0.2, -0.15) is 0 Å². The molecular formula is C15H23N3. The first-order valence-electron chi connectivity index (χ1n) is 7.19. The molecule has 0 aromatic carbocycles. The van der Waals surface area contributed by atoms with Gasteiger partial charge in [0, 0.05) is 31.4 Å². The first kappa shape index (κ1) is 12.0. The van der Waals surface area contributed by atoms with E-state index in [2.05, 4.69) is 28.2 Å². The van der Waals surface area contributed by atoms with Crippen molar-refractivity contribution in [1.82, 2.24) is 10.3 Å². The Morgan fingerprint density at radius 3 is 2.83 bits per heavy atom. The molecule has 1 aromatic rings. The zero-order valence-electron chi connectivity index (χ0n) is 11.3. The summed E-state index contributed by atoms with van der Waals surface area (Å²) in [6, 6.07) is 2.26. The van der Waals surface area contributed by atoms with Gasteiger partial charge in [0.15, 0.2) is 0 Å². The predicted molar refractivity (Wildman–Crippen MR) is 75.0 cm³/mol. The molecule has 1 saturated heterocycles. The van der Waals surface area contributed by atoms with Crippen molar-refractivity contribution in [3.05, 3.63) is 24.0 Å². The minimum absolute atomic E-state index is 0.375. The topological polar surface area (TPSA) is 28.2 Å². The third kappa shape index (κ3) is 2.37. The van der Waals surface area contributed by atoms with Crippen molar-refractivity contribution in [3.8, 4) is 0 Å². The molecule has 2 fully saturated rings. The summed E-state index contributed by atoms with van der Waals surface area (Å²) in [5.74, 6) is 0. The van der Waals surface area contributed by atoms with E-state index in [1.807, 2.05) is 12.4 Å². The number of anilines is 1. The Kier molecular flexibility index (Phi) is 3.25. The normalized spacial score (nSPS) is 23.3. The quantitative estimate of drug-likeness (QED) is 0.824. The summed E-state index contributed by atoms with van der Waals surface area (Å²) in [6.45, 7) is 5.48. The Morgan fingerprint density at radius 1 is 1.22 bits per heavy atom. The number of hydrogen-bond acceptors (Lipinski definition) is 3. The fourth-order valence-electron chi connectivity index (χ4n) is 3.45. The van der Waals surface area contributed by atoms with Crippen LogP contribution in [0.25, 0.3) is 0 Å². The maximum atomic E-state index is 4.33. The van der Waals surface area contributed by atoms with Crippen LogP contribution in [0.2, 0.25) is 0 Å². The largest absolute Gasteiger partial charge is 0.367 e. The Bertz CT molecular complexity index is 404. The number of piperazine rings is 1. The lowest BCUT2D eigenvalue weighted by molar-refractivity contribution is 0.216. The molecule has 98 valence electrons. The Balaban J connectivity index is 1.77. The van der Waals surface area contributed by atoms with Crippen molar-refractivity contribution in [3.63, 3.8) is 0 Å². The van der Waals surface area contributed by atoms with E-state index in [0.29, 0.717) is 5.54 Å². The van der Waals surface area contributed by atoms with Crippen LogP contribution < -0.4 is 10.2 Å². The van der Waals surface area contributed by atoms with Crippen molar-refractivity contribution in [1.29, 1.82) is 0 Å². The van der Waals surface area contributed by atoms with E-state index < -0.39 is 0 Å². The molecule has 3 heteroatoms. The van der Waals surface area contributed by atoms with Gasteiger partial charge >= 0.3 is 0 Å². The number of aryl methyl sites for hydroxylation is 1. The Labute approximate surface area is 110 Å². The fourth-order valence-corrected chi connectivity index (χ4v) is 3.45. The van der Waals surface area contributed by atoms with Gasteiger partial charge in [-0.1, -0.05) is 19.3 Å². The molecule has 0 atom stereocenters. The monoisotopic (exact) mass is 245 g/mol. The lowest BCUT2D eigenvalue weighted by atomic mass is 9.80. The number of nitrogens with one attached hydrogen (secondary N) is 1. The van der Waals surface area contributed by atoms with E-state index in [0.717, 1.165) is 19.6 Å². The number of aromatic nitrogens is 1. The zero-order chi connectivity index (χ0) is 12.4. The predicted octanol–water partition coefficient (Wildman–Crippen LogP) is 2.50. The van der Waals surface area contributed by atoms with Crippen LogP contribution in [-0.4, -0.2) is 30.2 Å². The molecular weight excluding hydrogens is 222 g/mol. The van der Waals surface area contributed by atoms with E-state index in [9.17, 15) is 0 Å². The van der Waals surface area contributed by atoms with Crippen LogP contribution in [0.3, 0.4) is 0 Å². The van der Waals surface area contributed by atoms with E-state index in [-0.39, 0.29) is 0 Å². The van der Waals surface area contributed by atoms with Crippen molar-refractivity contribution < 1.29 is 0 Å². The van der Waals surface area contributed by atoms with Gasteiger partial charge < -0.3 is 10.2 Å². The number of pyridine rings is 1. The van der Waals surface area contributed by atoms with Gasteiger partial charge in [-0.25, -0.2) is 0 Å². The number of rotatable bonds is 1. The smallest absolute Gasteiger partial charge is 0.0556 e. The second-order valence-corrected chi connectivity index (χ2v) is 5.91. The molecule has 0 amide bonds. The van der Waals surface area contributed by atoms with Crippen LogP contribution >= 0.6 is 0 Å². The van der Waals surface area contributed by atoms with E-state index in [4.69, 9.17) is 0 Å². The first-order chi connectivity index (χ1) is 8.77. The average Bonchev–Trinajstić information content (AvgIpc) is 2.40. The van der Waals surface area contributed by atoms with Crippen molar-refractivity contribution in [2.75, 3.05) is 24.5 Å². The van der Waals surface area contributed by atoms with Gasteiger partial charge in [0.2, 0.25) is 0 Å². The molecule has 1 aliphatic carbocycles. The summed E-state index contributed by atoms with van der Waals surface area (Å²) in [5, 5.41) is 3.79. The van der Waals surface area contributed by atoms with Crippen LogP contribution in [0.4, 0.5) is 5.69 Å². The third-order valence-corrected chi connectivity index (χ3v) is 4.41. The molecule has 0 radical (unpaired) electrons. The van der Waals surface area contributed by atoms with Crippen LogP contribution in [0, 0.1) is 6.92 Å². The lowest BCUT2D eigenvalue weighted by Crippen LogP contribution is -2.61. The highest BCUT2D eigenvalue weighted by Gasteiger charge is 2.36. The summed E-state index contributed by atoms with van der Waals surface area (Å²) >= 11 is 0. The molecule has 3 rings (SSSR count). The van der Waals surface area contributed by atoms with E-state index >= 15 is 0 Å². The molecule has 18 heavy (non-hydrogen) atoms. The highest BCUT2D eigenvalue weighted by Crippen LogP contribution is 2.32. The standard InChI is InChI=1S/C15H23N3/c1-13-9-14(11-16-10-13)18-8-7-17-15(12-18)5-3-2-4-6-15/h9-11,17H,2-8,12H2,1H3. The summed E-state index contributed by atoms with van der Waals surface area (Å²) in [4.78, 5) is 6.85. The van der Waals surface area contributed by atoms with Gasteiger partial charge in [0.05, 0.1) is 11.9 Å². The molecule has 0 bridgehead atoms. The van der Waals surface area contributed by atoms with Crippen molar-refractivity contribution in [2.45, 2.75) is 44.6 Å². The van der Waals surface area contributed by atoms with Gasteiger partial charge in [0.25, 0.3) is 0 Å². The molecule has 1 spiro atoms. The fraction of sp³-hybridized carbons (Fsp3) is 0.667. The van der Waals surface area contributed by atoms with Gasteiger partial charge in [-0.05, 0) is 31.4 Å². The van der Waals surface area contributed by atoms with Crippen molar-refractivity contribution >= 4 is 5.69 Å². The van der Waals surface area contributed by atoms with E-state index in [1.54, 1.807) is 0 Å². The average molecular weight is 245 g/mol. The second-order valence-electron chi connectivity index (χ2n) is 5.91. The maximum absolute atomic E-state index is 4.33. The molecule has 2 heterocycles. The zero-order valence-corrected chi connectivity index (χ0v) is 11.3. The summed E-state index contributed by atoms with van der Waals surface area (Å²) in [5.41, 5.74) is 2.92. The molecule has 2 aliphatic rings. The highest BCUT2D eigenvalue weighted by molar-refractivity contribution is 5.47. The number of hydrogen-bond donors (Lipinski definition) is 1. The van der Waals surface area contributed by atoms with Crippen LogP contribution in [0.1, 0.15) is 37.7 Å². The van der Waals surface area contributed by atoms with Crippen molar-refractivity contribution in [2.24, 2.45) is 0 Å². The highest BCUT2D eigenvalue weighted by atomic mass is 15.2. The molecule has 3 nitrogen and oxygen atoms in total. The number of nitrogens with zero attached hydrogens (tertiary/aromatic N) is 2. The van der Waals surface area contributed by atoms with Gasteiger partial charge in [-0.3, -0.25) is 4.98 Å². The lowest BCUT2D eigenvalue weighted by Gasteiger charge is -2.47. The van der Waals surface area contributed by atoms with Gasteiger partial charge in [0.1, 0.15) is 0 Å². The van der Waals surface area contributed by atoms with Crippen LogP contribution in [0.5, 0.6) is 0 Å².